The number of ether oxygens (including phenoxy) is 1. The number of hydrogen-bond acceptors (Lipinski definition) is 4. The van der Waals surface area contributed by atoms with Crippen LogP contribution in [0, 0.1) is 11.2 Å². The van der Waals surface area contributed by atoms with E-state index >= 15 is 0 Å². The van der Waals surface area contributed by atoms with Gasteiger partial charge in [0.2, 0.25) is 0 Å². The molecule has 0 amide bonds. The Morgan fingerprint density at radius 2 is 1.90 bits per heavy atom. The summed E-state index contributed by atoms with van der Waals surface area (Å²) < 4.78 is 24.8. The number of aliphatic hydroxyl groups excluding tert-OH is 1. The maximum atomic E-state index is 13.6. The quantitative estimate of drug-likeness (QED) is 0.668. The van der Waals surface area contributed by atoms with Crippen LogP contribution >= 0.6 is 0 Å². The van der Waals surface area contributed by atoms with E-state index in [0.29, 0.717) is 6.42 Å². The largest absolute Gasteiger partial charge is 0.465 e. The highest BCUT2D eigenvalue weighted by Gasteiger charge is 2.46. The Kier molecular flexibility index (Phi) is 5.14. The van der Waals surface area contributed by atoms with Gasteiger partial charge in [0.15, 0.2) is 0 Å². The van der Waals surface area contributed by atoms with Crippen molar-refractivity contribution >= 4 is 17.1 Å². The number of furan rings is 1. The van der Waals surface area contributed by atoms with Crippen molar-refractivity contribution < 1.29 is 23.4 Å². The zero-order valence-corrected chi connectivity index (χ0v) is 17.2. The van der Waals surface area contributed by atoms with Crippen molar-refractivity contribution in [3.8, 4) is 0 Å². The standard InChI is InChI=1S/C26H25FO4/c27-18-7-5-17(6-8-18)21-16-23(24-4-3-13-30-24)26(11-1-2-12-26)22(21)10-9-20-14-19(28)15-25(29)31-20/h3-10,13,16,19-20,28H,1-2,11-12,14-15H2/b10-9+/t19-,20-/m0/s1. The topological polar surface area (TPSA) is 59.7 Å². The Labute approximate surface area is 180 Å². The van der Waals surface area contributed by atoms with Gasteiger partial charge in [-0.25, -0.2) is 4.39 Å². The van der Waals surface area contributed by atoms with Crippen LogP contribution in [0.1, 0.15) is 49.8 Å². The smallest absolute Gasteiger partial charge is 0.309 e. The second-order valence-corrected chi connectivity index (χ2v) is 8.64. The Hall–Kier alpha value is -2.92. The van der Waals surface area contributed by atoms with E-state index in [2.05, 4.69) is 6.08 Å². The minimum absolute atomic E-state index is 0.0437. The summed E-state index contributed by atoms with van der Waals surface area (Å²) in [6.45, 7) is 0. The summed E-state index contributed by atoms with van der Waals surface area (Å²) in [4.78, 5) is 11.8. The molecule has 4 nitrogen and oxygen atoms in total. The molecule has 1 aliphatic heterocycles. The molecule has 1 N–H and O–H groups in total. The first-order chi connectivity index (χ1) is 15.0. The summed E-state index contributed by atoms with van der Waals surface area (Å²) in [5.41, 5.74) is 4.07. The fraction of sp³-hybridized carbons (Fsp3) is 0.346. The first kappa shape index (κ1) is 20.0. The molecule has 0 bridgehead atoms. The molecule has 2 aromatic rings. The highest BCUT2D eigenvalue weighted by molar-refractivity contribution is 5.96. The number of carbonyl (C=O) groups excluding carboxylic acids is 1. The predicted molar refractivity (Wildman–Crippen MR) is 115 cm³/mol. The van der Waals surface area contributed by atoms with Crippen LogP contribution in [0.15, 0.2) is 70.9 Å². The monoisotopic (exact) mass is 420 g/mol. The summed E-state index contributed by atoms with van der Waals surface area (Å²) in [7, 11) is 0. The lowest BCUT2D eigenvalue weighted by molar-refractivity contribution is -0.156. The average molecular weight is 420 g/mol. The van der Waals surface area contributed by atoms with Gasteiger partial charge in [0.05, 0.1) is 18.8 Å². The van der Waals surface area contributed by atoms with Gasteiger partial charge in [-0.1, -0.05) is 31.1 Å². The number of halogens is 1. The molecule has 1 saturated carbocycles. The van der Waals surface area contributed by atoms with E-state index in [0.717, 1.165) is 53.7 Å². The van der Waals surface area contributed by atoms with Gasteiger partial charge >= 0.3 is 5.97 Å². The minimum Gasteiger partial charge on any atom is -0.465 e. The van der Waals surface area contributed by atoms with Crippen molar-refractivity contribution in [2.75, 3.05) is 0 Å². The van der Waals surface area contributed by atoms with Crippen molar-refractivity contribution in [1.82, 2.24) is 0 Å². The van der Waals surface area contributed by atoms with Gasteiger partial charge in [-0.2, -0.15) is 0 Å². The van der Waals surface area contributed by atoms with E-state index < -0.39 is 12.2 Å². The molecule has 0 radical (unpaired) electrons. The molecule has 2 aliphatic carbocycles. The van der Waals surface area contributed by atoms with Gasteiger partial charge < -0.3 is 14.3 Å². The van der Waals surface area contributed by atoms with Crippen molar-refractivity contribution in [3.05, 3.63) is 83.6 Å². The summed E-state index contributed by atoms with van der Waals surface area (Å²) in [5, 5.41) is 9.97. The molecule has 2 heterocycles. The third-order valence-corrected chi connectivity index (χ3v) is 6.68. The maximum Gasteiger partial charge on any atom is 0.309 e. The summed E-state index contributed by atoms with van der Waals surface area (Å²) in [6, 6.07) is 10.4. The van der Waals surface area contributed by atoms with Crippen LogP contribution in [0.25, 0.3) is 11.1 Å². The van der Waals surface area contributed by atoms with E-state index in [4.69, 9.17) is 9.15 Å². The van der Waals surface area contributed by atoms with Gasteiger partial charge in [-0.05, 0) is 66.0 Å². The number of esters is 1. The average Bonchev–Trinajstić information content (AvgIpc) is 3.48. The first-order valence-electron chi connectivity index (χ1n) is 10.9. The van der Waals surface area contributed by atoms with E-state index in [1.54, 1.807) is 18.4 Å². The molecule has 3 aliphatic rings. The van der Waals surface area contributed by atoms with Gasteiger partial charge in [0, 0.05) is 17.4 Å². The number of carbonyl (C=O) groups is 1. The van der Waals surface area contributed by atoms with Crippen LogP contribution in [0.4, 0.5) is 4.39 Å². The highest BCUT2D eigenvalue weighted by atomic mass is 19.1. The fourth-order valence-electron chi connectivity index (χ4n) is 5.27. The highest BCUT2D eigenvalue weighted by Crippen LogP contribution is 2.60. The number of cyclic esters (lactones) is 1. The Bertz CT molecular complexity index is 1050. The predicted octanol–water partition coefficient (Wildman–Crippen LogP) is 5.45. The fourth-order valence-corrected chi connectivity index (χ4v) is 5.27. The van der Waals surface area contributed by atoms with Crippen LogP contribution in [-0.4, -0.2) is 23.3 Å². The Balaban J connectivity index is 1.60. The van der Waals surface area contributed by atoms with Gasteiger partial charge in [-0.3, -0.25) is 4.79 Å². The molecule has 5 heteroatoms. The molecule has 1 aromatic carbocycles. The van der Waals surface area contributed by atoms with E-state index in [1.165, 1.54) is 12.1 Å². The molecule has 2 fully saturated rings. The number of benzene rings is 1. The molecule has 160 valence electrons. The molecule has 0 unspecified atom stereocenters. The van der Waals surface area contributed by atoms with Crippen molar-refractivity contribution in [1.29, 1.82) is 0 Å². The number of allylic oxidation sites excluding steroid dienone is 5. The van der Waals surface area contributed by atoms with E-state index in [1.807, 2.05) is 24.3 Å². The van der Waals surface area contributed by atoms with Crippen LogP contribution in [0.5, 0.6) is 0 Å². The molecule has 1 saturated heterocycles. The van der Waals surface area contributed by atoms with Gasteiger partial charge in [-0.15, -0.1) is 0 Å². The first-order valence-corrected chi connectivity index (χ1v) is 10.9. The third-order valence-electron chi connectivity index (χ3n) is 6.68. The van der Waals surface area contributed by atoms with Crippen molar-refractivity contribution in [2.45, 2.75) is 50.7 Å². The molecule has 1 aromatic heterocycles. The zero-order valence-electron chi connectivity index (χ0n) is 17.2. The van der Waals surface area contributed by atoms with Crippen molar-refractivity contribution in [2.24, 2.45) is 5.41 Å². The van der Waals surface area contributed by atoms with E-state index in [9.17, 15) is 14.3 Å². The lowest BCUT2D eigenvalue weighted by Gasteiger charge is -2.30. The third kappa shape index (κ3) is 3.68. The summed E-state index contributed by atoms with van der Waals surface area (Å²) in [6.07, 6.45) is 11.3. The van der Waals surface area contributed by atoms with E-state index in [-0.39, 0.29) is 23.6 Å². The SMILES string of the molecule is O=C1C[C@@H](O)C[C@H](/C=C/C2=C(c3ccc(F)cc3)C=C(c3ccco3)C23CCCC3)O1. The molecular formula is C26H25FO4. The Morgan fingerprint density at radius 1 is 1.13 bits per heavy atom. The lowest BCUT2D eigenvalue weighted by Crippen LogP contribution is -2.31. The number of hydrogen-bond donors (Lipinski definition) is 1. The molecule has 5 rings (SSSR count). The number of rotatable bonds is 4. The van der Waals surface area contributed by atoms with Crippen LogP contribution < -0.4 is 0 Å². The minimum atomic E-state index is -0.678. The second-order valence-electron chi connectivity index (χ2n) is 8.64. The zero-order chi connectivity index (χ0) is 21.4. The maximum absolute atomic E-state index is 13.6. The number of aliphatic hydroxyl groups is 1. The van der Waals surface area contributed by atoms with Gasteiger partial charge in [0.1, 0.15) is 17.7 Å². The molecule has 1 spiro atoms. The van der Waals surface area contributed by atoms with Crippen LogP contribution in [0.2, 0.25) is 0 Å². The normalized spacial score (nSPS) is 25.5. The molecule has 31 heavy (non-hydrogen) atoms. The van der Waals surface area contributed by atoms with Gasteiger partial charge in [0.25, 0.3) is 0 Å². The molecular weight excluding hydrogens is 395 g/mol. The van der Waals surface area contributed by atoms with Crippen LogP contribution in [0.3, 0.4) is 0 Å². The second kappa shape index (κ2) is 7.97. The van der Waals surface area contributed by atoms with Crippen molar-refractivity contribution in [3.63, 3.8) is 0 Å². The lowest BCUT2D eigenvalue weighted by atomic mass is 9.73. The Morgan fingerprint density at radius 3 is 2.58 bits per heavy atom. The summed E-state index contributed by atoms with van der Waals surface area (Å²) >= 11 is 0. The summed E-state index contributed by atoms with van der Waals surface area (Å²) in [5.74, 6) is 0.204. The van der Waals surface area contributed by atoms with Crippen LogP contribution in [-0.2, 0) is 9.53 Å². The molecule has 2 atom stereocenters.